The molecule has 2 aromatic rings. The van der Waals surface area contributed by atoms with Crippen molar-refractivity contribution >= 4 is 33.8 Å². The van der Waals surface area contributed by atoms with E-state index in [4.69, 9.17) is 14.2 Å². The molecule has 0 aliphatic carbocycles. The van der Waals surface area contributed by atoms with Gasteiger partial charge >= 0.3 is 17.9 Å². The Hall–Kier alpha value is -3.17. The Kier molecular flexibility index (Phi) is 8.46. The largest absolute Gasteiger partial charge is 0.508 e. The summed E-state index contributed by atoms with van der Waals surface area (Å²) in [5, 5.41) is 13.5. The van der Waals surface area contributed by atoms with E-state index in [0.29, 0.717) is 15.6 Å². The third-order valence-corrected chi connectivity index (χ3v) is 5.80. The maximum Gasteiger partial charge on any atom is 0.338 e. The highest BCUT2D eigenvalue weighted by molar-refractivity contribution is 9.10. The van der Waals surface area contributed by atoms with Crippen molar-refractivity contribution in [3.05, 3.63) is 75.8 Å². The van der Waals surface area contributed by atoms with Gasteiger partial charge in [0.15, 0.2) is 0 Å². The van der Waals surface area contributed by atoms with Gasteiger partial charge in [0.2, 0.25) is 5.54 Å². The summed E-state index contributed by atoms with van der Waals surface area (Å²) in [4.78, 5) is 38.6. The van der Waals surface area contributed by atoms with Crippen LogP contribution >= 0.6 is 15.9 Å². The molecular weight excluding hydrogens is 506 g/mol. The number of phenolic OH excluding ortho intramolecular Hbond substituents is 1. The zero-order valence-electron chi connectivity index (χ0n) is 18.9. The lowest BCUT2D eigenvalue weighted by atomic mass is 9.93. The standard InChI is InChI=1S/C25H26BrNO7/c1-3-32-23(30)25(24(31)33-4-2)14-17(12-21(29)34-15-16-8-6-5-7-9-16)22(27-25)19-13-18(26)10-11-20(19)28/h5-13,22,27-28H,3-4,14-15H2,1-2H3/b17-12+. The minimum atomic E-state index is -1.88. The summed E-state index contributed by atoms with van der Waals surface area (Å²) in [6, 6.07) is 13.1. The topological polar surface area (TPSA) is 111 Å². The number of aromatic hydroxyl groups is 1. The summed E-state index contributed by atoms with van der Waals surface area (Å²) >= 11 is 3.37. The second-order valence-electron chi connectivity index (χ2n) is 7.62. The van der Waals surface area contributed by atoms with Crippen molar-refractivity contribution in [2.45, 2.75) is 38.5 Å². The molecule has 34 heavy (non-hydrogen) atoms. The van der Waals surface area contributed by atoms with Crippen LogP contribution in [0.15, 0.2) is 64.7 Å². The van der Waals surface area contributed by atoms with Gasteiger partial charge in [0.05, 0.1) is 19.3 Å². The molecule has 2 N–H and O–H groups in total. The fraction of sp³-hybridized carbons (Fsp3) is 0.320. The summed E-state index contributed by atoms with van der Waals surface area (Å²) in [5.41, 5.74) is -0.330. The minimum Gasteiger partial charge on any atom is -0.508 e. The molecule has 0 saturated carbocycles. The number of carbonyl (C=O) groups excluding carboxylic acids is 3. The fourth-order valence-corrected chi connectivity index (χ4v) is 4.12. The summed E-state index contributed by atoms with van der Waals surface area (Å²) in [7, 11) is 0. The van der Waals surface area contributed by atoms with E-state index >= 15 is 0 Å². The number of hydrogen-bond acceptors (Lipinski definition) is 8. The van der Waals surface area contributed by atoms with Crippen LogP contribution in [0.25, 0.3) is 0 Å². The highest BCUT2D eigenvalue weighted by atomic mass is 79.9. The van der Waals surface area contributed by atoms with E-state index in [-0.39, 0.29) is 32.0 Å². The van der Waals surface area contributed by atoms with Crippen molar-refractivity contribution in [2.75, 3.05) is 13.2 Å². The van der Waals surface area contributed by atoms with Crippen LogP contribution in [0.3, 0.4) is 0 Å². The van der Waals surface area contributed by atoms with Crippen LogP contribution in [0.4, 0.5) is 0 Å². The number of hydrogen-bond donors (Lipinski definition) is 2. The molecule has 1 aliphatic rings. The molecule has 0 amide bonds. The highest BCUT2D eigenvalue weighted by Crippen LogP contribution is 2.42. The van der Waals surface area contributed by atoms with E-state index in [0.717, 1.165) is 5.56 Å². The molecule has 0 aromatic heterocycles. The second-order valence-corrected chi connectivity index (χ2v) is 8.53. The summed E-state index contributed by atoms with van der Waals surface area (Å²) in [6.45, 7) is 3.41. The number of benzene rings is 2. The Bertz CT molecular complexity index is 1070. The third kappa shape index (κ3) is 5.66. The molecule has 1 fully saturated rings. The Morgan fingerprint density at radius 2 is 1.71 bits per heavy atom. The van der Waals surface area contributed by atoms with E-state index in [2.05, 4.69) is 21.2 Å². The number of phenols is 1. The molecule has 1 unspecified atom stereocenters. The quantitative estimate of drug-likeness (QED) is 0.229. The Labute approximate surface area is 206 Å². The van der Waals surface area contributed by atoms with E-state index in [9.17, 15) is 19.5 Å². The van der Waals surface area contributed by atoms with Crippen molar-refractivity contribution in [1.29, 1.82) is 0 Å². The molecule has 3 rings (SSSR count). The van der Waals surface area contributed by atoms with Crippen LogP contribution in [0.2, 0.25) is 0 Å². The minimum absolute atomic E-state index is 0.0482. The van der Waals surface area contributed by atoms with Gasteiger partial charge in [0, 0.05) is 22.5 Å². The Morgan fingerprint density at radius 1 is 1.06 bits per heavy atom. The van der Waals surface area contributed by atoms with Gasteiger partial charge in [-0.1, -0.05) is 46.3 Å². The lowest BCUT2D eigenvalue weighted by molar-refractivity contribution is -0.165. The first kappa shape index (κ1) is 25.5. The van der Waals surface area contributed by atoms with Gasteiger partial charge < -0.3 is 19.3 Å². The van der Waals surface area contributed by atoms with Crippen molar-refractivity contribution in [1.82, 2.24) is 5.32 Å². The SMILES string of the molecule is CCOC(=O)C1(C(=O)OCC)C/C(=C\C(=O)OCc2ccccc2)C(c2cc(Br)ccc2O)N1. The van der Waals surface area contributed by atoms with E-state index in [1.54, 1.807) is 26.0 Å². The molecule has 1 heterocycles. The van der Waals surface area contributed by atoms with Gasteiger partial charge in [-0.25, -0.2) is 14.4 Å². The third-order valence-electron chi connectivity index (χ3n) is 5.31. The Balaban J connectivity index is 1.99. The molecule has 2 aromatic carbocycles. The molecule has 8 nitrogen and oxygen atoms in total. The first-order chi connectivity index (χ1) is 16.3. The van der Waals surface area contributed by atoms with Gasteiger partial charge in [-0.2, -0.15) is 0 Å². The zero-order valence-corrected chi connectivity index (χ0v) is 20.5. The number of carbonyl (C=O) groups is 3. The van der Waals surface area contributed by atoms with Crippen LogP contribution in [-0.4, -0.2) is 41.8 Å². The Morgan fingerprint density at radius 3 is 2.32 bits per heavy atom. The lowest BCUT2D eigenvalue weighted by Gasteiger charge is -2.25. The predicted octanol–water partition coefficient (Wildman–Crippen LogP) is 3.72. The molecule has 180 valence electrons. The molecule has 0 radical (unpaired) electrons. The monoisotopic (exact) mass is 531 g/mol. The fourth-order valence-electron chi connectivity index (χ4n) is 3.74. The number of esters is 3. The molecule has 1 aliphatic heterocycles. The van der Waals surface area contributed by atoms with Gasteiger partial charge in [-0.3, -0.25) is 5.32 Å². The molecule has 9 heteroatoms. The van der Waals surface area contributed by atoms with Crippen molar-refractivity contribution in [3.63, 3.8) is 0 Å². The van der Waals surface area contributed by atoms with Crippen LogP contribution in [-0.2, 0) is 35.2 Å². The second kappa shape index (κ2) is 11.3. The average molecular weight is 532 g/mol. The van der Waals surface area contributed by atoms with E-state index < -0.39 is 29.5 Å². The number of nitrogens with one attached hydrogen (secondary N) is 1. The smallest absolute Gasteiger partial charge is 0.338 e. The molecule has 0 bridgehead atoms. The van der Waals surface area contributed by atoms with Crippen molar-refractivity contribution in [3.8, 4) is 5.75 Å². The number of ether oxygens (including phenoxy) is 3. The first-order valence-corrected chi connectivity index (χ1v) is 11.6. The molecule has 0 spiro atoms. The normalized spacial score (nSPS) is 17.9. The van der Waals surface area contributed by atoms with E-state index in [1.807, 2.05) is 30.3 Å². The van der Waals surface area contributed by atoms with Gasteiger partial charge in [-0.05, 0) is 43.2 Å². The average Bonchev–Trinajstić information content (AvgIpc) is 3.20. The van der Waals surface area contributed by atoms with Crippen LogP contribution < -0.4 is 5.32 Å². The maximum absolute atomic E-state index is 13.0. The molecule has 1 saturated heterocycles. The predicted molar refractivity (Wildman–Crippen MR) is 127 cm³/mol. The van der Waals surface area contributed by atoms with Gasteiger partial charge in [-0.15, -0.1) is 0 Å². The molecular formula is C25H26BrNO7. The molecule has 1 atom stereocenters. The number of halogens is 1. The van der Waals surface area contributed by atoms with Crippen LogP contribution in [0.5, 0.6) is 5.75 Å². The van der Waals surface area contributed by atoms with Gasteiger partial charge in [0.25, 0.3) is 0 Å². The van der Waals surface area contributed by atoms with Crippen LogP contribution in [0, 0.1) is 0 Å². The van der Waals surface area contributed by atoms with Crippen molar-refractivity contribution in [2.24, 2.45) is 0 Å². The van der Waals surface area contributed by atoms with Crippen molar-refractivity contribution < 1.29 is 33.7 Å². The zero-order chi connectivity index (χ0) is 24.7. The maximum atomic E-state index is 13.0. The summed E-state index contributed by atoms with van der Waals surface area (Å²) in [5.74, 6) is -2.38. The highest BCUT2D eigenvalue weighted by Gasteiger charge is 2.56. The summed E-state index contributed by atoms with van der Waals surface area (Å²) < 4.78 is 16.4. The number of rotatable bonds is 8. The first-order valence-electron chi connectivity index (χ1n) is 10.8. The van der Waals surface area contributed by atoms with Gasteiger partial charge in [0.1, 0.15) is 12.4 Å². The lowest BCUT2D eigenvalue weighted by Crippen LogP contribution is -2.56. The summed E-state index contributed by atoms with van der Waals surface area (Å²) in [6.07, 6.45) is 1.04. The van der Waals surface area contributed by atoms with E-state index in [1.165, 1.54) is 12.1 Å². The van der Waals surface area contributed by atoms with Crippen LogP contribution in [0.1, 0.15) is 37.4 Å².